The van der Waals surface area contributed by atoms with Gasteiger partial charge >= 0.3 is 0 Å². The van der Waals surface area contributed by atoms with Crippen LogP contribution in [0.15, 0.2) is 41.3 Å². The molecule has 0 aromatic carbocycles. The Bertz CT molecular complexity index is 1160. The monoisotopic (exact) mass is 392 g/mol. The molecule has 1 N–H and O–H groups in total. The fourth-order valence-electron chi connectivity index (χ4n) is 3.65. The third kappa shape index (κ3) is 3.53. The Kier molecular flexibility index (Phi) is 4.92. The molecule has 150 valence electrons. The highest BCUT2D eigenvalue weighted by molar-refractivity contribution is 5.93. The van der Waals surface area contributed by atoms with Gasteiger partial charge in [-0.05, 0) is 45.9 Å². The second kappa shape index (κ2) is 7.54. The van der Waals surface area contributed by atoms with Crippen LogP contribution < -0.4 is 5.32 Å². The van der Waals surface area contributed by atoms with Gasteiger partial charge in [0, 0.05) is 30.1 Å². The summed E-state index contributed by atoms with van der Waals surface area (Å²) in [5.41, 5.74) is 4.32. The molecule has 8 nitrogen and oxygen atoms in total. The maximum absolute atomic E-state index is 12.7. The van der Waals surface area contributed by atoms with Crippen LogP contribution in [0.5, 0.6) is 0 Å². The molecule has 0 aliphatic heterocycles. The Morgan fingerprint density at radius 1 is 1.24 bits per heavy atom. The molecule has 0 fully saturated rings. The van der Waals surface area contributed by atoms with E-state index >= 15 is 0 Å². The number of pyridine rings is 1. The molecule has 0 spiro atoms. The average molecular weight is 392 g/mol. The van der Waals surface area contributed by atoms with Crippen molar-refractivity contribution in [2.75, 3.05) is 0 Å². The number of carbonyl (C=O) groups is 1. The lowest BCUT2D eigenvalue weighted by Gasteiger charge is -2.13. The van der Waals surface area contributed by atoms with Crippen molar-refractivity contribution < 1.29 is 9.21 Å². The van der Waals surface area contributed by atoms with Gasteiger partial charge in [-0.15, -0.1) is 0 Å². The molecule has 0 aliphatic carbocycles. The van der Waals surface area contributed by atoms with Crippen LogP contribution >= 0.6 is 0 Å². The van der Waals surface area contributed by atoms with E-state index in [1.54, 1.807) is 17.1 Å². The highest BCUT2D eigenvalue weighted by Gasteiger charge is 2.19. The zero-order valence-electron chi connectivity index (χ0n) is 17.0. The first kappa shape index (κ1) is 18.9. The number of carbonyl (C=O) groups excluding carboxylic acids is 1. The first-order valence-corrected chi connectivity index (χ1v) is 9.67. The largest absolute Gasteiger partial charge is 0.464 e. The lowest BCUT2D eigenvalue weighted by molar-refractivity contribution is -0.122. The van der Waals surface area contributed by atoms with Crippen molar-refractivity contribution in [1.82, 2.24) is 29.9 Å². The van der Waals surface area contributed by atoms with Gasteiger partial charge in [0.1, 0.15) is 12.3 Å². The maximum Gasteiger partial charge on any atom is 0.242 e. The zero-order chi connectivity index (χ0) is 20.5. The number of nitrogens with zero attached hydrogens (tertiary/aromatic N) is 5. The molecule has 4 aromatic heterocycles. The van der Waals surface area contributed by atoms with Crippen molar-refractivity contribution in [2.45, 2.75) is 46.8 Å². The molecule has 0 bridgehead atoms. The Labute approximate surface area is 168 Å². The maximum atomic E-state index is 12.7. The first-order chi connectivity index (χ1) is 14.0. The zero-order valence-corrected chi connectivity index (χ0v) is 17.0. The summed E-state index contributed by atoms with van der Waals surface area (Å²) in [4.78, 5) is 17.2. The first-order valence-electron chi connectivity index (χ1n) is 9.67. The third-order valence-electron chi connectivity index (χ3n) is 5.04. The number of amides is 1. The average Bonchev–Trinajstić information content (AvgIpc) is 3.42. The van der Waals surface area contributed by atoms with E-state index in [1.807, 2.05) is 56.8 Å². The molecule has 4 heterocycles. The Morgan fingerprint density at radius 3 is 2.76 bits per heavy atom. The summed E-state index contributed by atoms with van der Waals surface area (Å²) in [7, 11) is 0. The van der Waals surface area contributed by atoms with E-state index in [2.05, 4.69) is 20.5 Å². The minimum absolute atomic E-state index is 0.0876. The number of aromatic nitrogens is 5. The van der Waals surface area contributed by atoms with Crippen LogP contribution in [0.25, 0.3) is 22.4 Å². The van der Waals surface area contributed by atoms with E-state index in [4.69, 9.17) is 4.42 Å². The fourth-order valence-corrected chi connectivity index (χ4v) is 3.65. The number of furan rings is 1. The normalized spacial score (nSPS) is 12.4. The molecule has 8 heteroatoms. The molecule has 4 aromatic rings. The highest BCUT2D eigenvalue weighted by atomic mass is 16.3. The highest BCUT2D eigenvalue weighted by Crippen LogP contribution is 2.30. The van der Waals surface area contributed by atoms with Crippen LogP contribution in [-0.4, -0.2) is 30.5 Å². The SMILES string of the molecule is CCn1cc(C(C)NC(=O)Cn2nc(C)c3c(-c4ccco4)ccnc32)c(C)n1. The lowest BCUT2D eigenvalue weighted by Crippen LogP contribution is -2.30. The van der Waals surface area contributed by atoms with E-state index in [1.165, 1.54) is 0 Å². The van der Waals surface area contributed by atoms with Crippen LogP contribution in [0.4, 0.5) is 0 Å². The summed E-state index contributed by atoms with van der Waals surface area (Å²) < 4.78 is 9.06. The molecule has 1 amide bonds. The molecule has 1 atom stereocenters. The van der Waals surface area contributed by atoms with Crippen molar-refractivity contribution in [1.29, 1.82) is 0 Å². The number of fused-ring (bicyclic) bond motifs is 1. The third-order valence-corrected chi connectivity index (χ3v) is 5.04. The van der Waals surface area contributed by atoms with Gasteiger partial charge in [0.15, 0.2) is 5.65 Å². The van der Waals surface area contributed by atoms with Crippen molar-refractivity contribution in [3.8, 4) is 11.3 Å². The van der Waals surface area contributed by atoms with Gasteiger partial charge in [-0.3, -0.25) is 9.48 Å². The van der Waals surface area contributed by atoms with E-state index < -0.39 is 0 Å². The predicted molar refractivity (Wildman–Crippen MR) is 109 cm³/mol. The number of nitrogens with one attached hydrogen (secondary N) is 1. The van der Waals surface area contributed by atoms with Gasteiger partial charge in [-0.2, -0.15) is 10.2 Å². The smallest absolute Gasteiger partial charge is 0.242 e. The number of hydrogen-bond donors (Lipinski definition) is 1. The van der Waals surface area contributed by atoms with Crippen LogP contribution in [-0.2, 0) is 17.9 Å². The topological polar surface area (TPSA) is 90.8 Å². The standard InChI is InChI=1S/C21H24N6O2/c1-5-26-11-17(14(3)24-26)13(2)23-19(28)12-27-21-20(15(4)25-27)16(8-9-22-21)18-7-6-10-29-18/h6-11,13H,5,12H2,1-4H3,(H,23,28). The molecular weight excluding hydrogens is 368 g/mol. The summed E-state index contributed by atoms with van der Waals surface area (Å²) in [6, 6.07) is 5.51. The van der Waals surface area contributed by atoms with E-state index in [0.29, 0.717) is 5.65 Å². The molecule has 0 saturated heterocycles. The molecule has 0 saturated carbocycles. The minimum Gasteiger partial charge on any atom is -0.464 e. The Morgan fingerprint density at radius 2 is 2.07 bits per heavy atom. The summed E-state index contributed by atoms with van der Waals surface area (Å²) >= 11 is 0. The van der Waals surface area contributed by atoms with E-state index in [9.17, 15) is 4.79 Å². The fraction of sp³-hybridized carbons (Fsp3) is 0.333. The van der Waals surface area contributed by atoms with Crippen molar-refractivity contribution in [2.24, 2.45) is 0 Å². The molecular formula is C21H24N6O2. The van der Waals surface area contributed by atoms with Gasteiger partial charge < -0.3 is 9.73 Å². The molecule has 0 aliphatic rings. The van der Waals surface area contributed by atoms with E-state index in [0.717, 1.165) is 40.2 Å². The second-order valence-electron chi connectivity index (χ2n) is 7.09. The van der Waals surface area contributed by atoms with Crippen molar-refractivity contribution in [3.63, 3.8) is 0 Å². The van der Waals surface area contributed by atoms with Crippen LogP contribution in [0.1, 0.15) is 36.8 Å². The van der Waals surface area contributed by atoms with Crippen molar-refractivity contribution >= 4 is 16.9 Å². The lowest BCUT2D eigenvalue weighted by atomic mass is 10.1. The predicted octanol–water partition coefficient (Wildman–Crippen LogP) is 3.40. The van der Waals surface area contributed by atoms with Gasteiger partial charge in [0.05, 0.1) is 29.1 Å². The summed E-state index contributed by atoms with van der Waals surface area (Å²) in [6.07, 6.45) is 5.32. The molecule has 0 radical (unpaired) electrons. The molecule has 29 heavy (non-hydrogen) atoms. The summed E-state index contributed by atoms with van der Waals surface area (Å²) in [5, 5.41) is 12.9. The minimum atomic E-state index is -0.141. The van der Waals surface area contributed by atoms with Gasteiger partial charge in [0.2, 0.25) is 5.91 Å². The second-order valence-corrected chi connectivity index (χ2v) is 7.09. The van der Waals surface area contributed by atoms with Crippen molar-refractivity contribution in [3.05, 3.63) is 53.8 Å². The van der Waals surface area contributed by atoms with Gasteiger partial charge in [-0.1, -0.05) is 0 Å². The van der Waals surface area contributed by atoms with Crippen LogP contribution in [0.2, 0.25) is 0 Å². The number of hydrogen-bond acceptors (Lipinski definition) is 5. The van der Waals surface area contributed by atoms with Gasteiger partial charge in [0.25, 0.3) is 0 Å². The summed E-state index contributed by atoms with van der Waals surface area (Å²) in [5.74, 6) is 0.622. The van der Waals surface area contributed by atoms with E-state index in [-0.39, 0.29) is 18.5 Å². The molecule has 1 unspecified atom stereocenters. The number of aryl methyl sites for hydroxylation is 3. The van der Waals surface area contributed by atoms with Gasteiger partial charge in [-0.25, -0.2) is 9.67 Å². The summed E-state index contributed by atoms with van der Waals surface area (Å²) in [6.45, 7) is 8.74. The Balaban J connectivity index is 1.57. The van der Waals surface area contributed by atoms with Crippen LogP contribution in [0.3, 0.4) is 0 Å². The number of rotatable bonds is 6. The quantitative estimate of drug-likeness (QED) is 0.543. The van der Waals surface area contributed by atoms with Crippen LogP contribution in [0, 0.1) is 13.8 Å². The Hall–Kier alpha value is -3.42. The molecule has 4 rings (SSSR count).